The van der Waals surface area contributed by atoms with Gasteiger partial charge in [0.2, 0.25) is 9.84 Å². The SMILES string of the molecule is O=C(OCc1ccc(S(=O)(=O)c2ccccc2)cc1)c1cc(-c2ccccc2Cl)nc2ccccc12. The Morgan fingerprint density at radius 2 is 1.42 bits per heavy atom. The minimum Gasteiger partial charge on any atom is -0.457 e. The first-order valence-electron chi connectivity index (χ1n) is 11.1. The maximum absolute atomic E-state index is 13.1. The van der Waals surface area contributed by atoms with Crippen LogP contribution in [0.15, 0.2) is 119 Å². The Labute approximate surface area is 213 Å². The number of carbonyl (C=O) groups is 1. The molecule has 0 atom stereocenters. The highest BCUT2D eigenvalue weighted by Gasteiger charge is 2.18. The molecular weight excluding hydrogens is 494 g/mol. The van der Waals surface area contributed by atoms with Crippen LogP contribution in [0.2, 0.25) is 5.02 Å². The standard InChI is InChI=1S/C29H20ClNO4S/c30-26-12-6-4-11-24(26)28-18-25(23-10-5-7-13-27(23)31-28)29(32)35-19-20-14-16-22(17-15-20)36(33,34)21-8-2-1-3-9-21/h1-18H,19H2. The summed E-state index contributed by atoms with van der Waals surface area (Å²) in [5.74, 6) is -0.511. The van der Waals surface area contributed by atoms with Crippen LogP contribution >= 0.6 is 11.6 Å². The van der Waals surface area contributed by atoms with E-state index in [1.165, 1.54) is 12.1 Å². The Bertz CT molecular complexity index is 1670. The zero-order valence-corrected chi connectivity index (χ0v) is 20.5. The largest absolute Gasteiger partial charge is 0.457 e. The highest BCUT2D eigenvalue weighted by atomic mass is 35.5. The predicted octanol–water partition coefficient (Wildman–Crippen LogP) is 6.75. The molecule has 1 aromatic heterocycles. The predicted molar refractivity (Wildman–Crippen MR) is 140 cm³/mol. The number of sulfone groups is 1. The third kappa shape index (κ3) is 4.73. The molecule has 0 aliphatic rings. The molecule has 0 amide bonds. The molecule has 0 unspecified atom stereocenters. The Hall–Kier alpha value is -4.00. The van der Waals surface area contributed by atoms with Crippen LogP contribution in [0.4, 0.5) is 0 Å². The van der Waals surface area contributed by atoms with E-state index in [9.17, 15) is 13.2 Å². The fourth-order valence-electron chi connectivity index (χ4n) is 3.88. The second-order valence-corrected chi connectivity index (χ2v) is 10.4. The molecule has 0 aliphatic carbocycles. The lowest BCUT2D eigenvalue weighted by atomic mass is 10.0. The van der Waals surface area contributed by atoms with Crippen LogP contribution in [-0.2, 0) is 21.2 Å². The summed E-state index contributed by atoms with van der Waals surface area (Å²) in [6.45, 7) is -0.0113. The number of carbonyl (C=O) groups excluding carboxylic acids is 1. The van der Waals surface area contributed by atoms with Gasteiger partial charge in [0.25, 0.3) is 0 Å². The number of pyridine rings is 1. The minimum atomic E-state index is -3.61. The number of nitrogens with zero attached hydrogens (tertiary/aromatic N) is 1. The summed E-state index contributed by atoms with van der Waals surface area (Å²) in [5.41, 5.74) is 2.98. The molecule has 0 aliphatic heterocycles. The third-order valence-corrected chi connectivity index (χ3v) is 7.86. The van der Waals surface area contributed by atoms with Gasteiger partial charge in [0, 0.05) is 16.0 Å². The average Bonchev–Trinajstić information content (AvgIpc) is 2.92. The Kier molecular flexibility index (Phi) is 6.55. The molecule has 0 bridgehead atoms. The monoisotopic (exact) mass is 513 g/mol. The summed E-state index contributed by atoms with van der Waals surface area (Å²) in [5, 5.41) is 1.20. The van der Waals surface area contributed by atoms with Gasteiger partial charge in [-0.3, -0.25) is 0 Å². The maximum Gasteiger partial charge on any atom is 0.339 e. The number of fused-ring (bicyclic) bond motifs is 1. The van der Waals surface area contributed by atoms with Crippen LogP contribution in [0.25, 0.3) is 22.2 Å². The normalized spacial score (nSPS) is 11.4. The maximum atomic E-state index is 13.1. The number of halogens is 1. The van der Waals surface area contributed by atoms with E-state index in [0.717, 1.165) is 0 Å². The van der Waals surface area contributed by atoms with Crippen molar-refractivity contribution in [1.82, 2.24) is 4.98 Å². The summed E-state index contributed by atoms with van der Waals surface area (Å²) >= 11 is 6.37. The van der Waals surface area contributed by atoms with E-state index in [2.05, 4.69) is 4.98 Å². The van der Waals surface area contributed by atoms with Crippen LogP contribution in [0.3, 0.4) is 0 Å². The smallest absolute Gasteiger partial charge is 0.339 e. The number of ether oxygens (including phenoxy) is 1. The van der Waals surface area contributed by atoms with E-state index in [4.69, 9.17) is 16.3 Å². The van der Waals surface area contributed by atoms with E-state index < -0.39 is 15.8 Å². The lowest BCUT2D eigenvalue weighted by Crippen LogP contribution is -2.07. The molecule has 0 saturated carbocycles. The summed E-state index contributed by atoms with van der Waals surface area (Å²) in [7, 11) is -3.61. The topological polar surface area (TPSA) is 73.3 Å². The van der Waals surface area contributed by atoms with Gasteiger partial charge >= 0.3 is 5.97 Å². The molecule has 36 heavy (non-hydrogen) atoms. The molecule has 0 radical (unpaired) electrons. The van der Waals surface area contributed by atoms with E-state index in [1.54, 1.807) is 54.6 Å². The molecule has 0 saturated heterocycles. The van der Waals surface area contributed by atoms with Crippen LogP contribution < -0.4 is 0 Å². The van der Waals surface area contributed by atoms with Crippen LogP contribution in [-0.4, -0.2) is 19.4 Å². The molecule has 0 fully saturated rings. The Balaban J connectivity index is 1.39. The highest BCUT2D eigenvalue weighted by Crippen LogP contribution is 2.30. The number of benzene rings is 4. The van der Waals surface area contributed by atoms with Gasteiger partial charge < -0.3 is 4.74 Å². The van der Waals surface area contributed by atoms with Crippen LogP contribution in [0.1, 0.15) is 15.9 Å². The van der Waals surface area contributed by atoms with E-state index in [0.29, 0.717) is 38.3 Å². The van der Waals surface area contributed by atoms with Gasteiger partial charge in [0.05, 0.1) is 26.6 Å². The second-order valence-electron chi connectivity index (χ2n) is 8.09. The Morgan fingerprint density at radius 3 is 2.17 bits per heavy atom. The second kappa shape index (κ2) is 9.93. The molecule has 178 valence electrons. The van der Waals surface area contributed by atoms with Gasteiger partial charge in [-0.2, -0.15) is 0 Å². The van der Waals surface area contributed by atoms with Gasteiger partial charge in [0.1, 0.15) is 6.61 Å². The lowest BCUT2D eigenvalue weighted by Gasteiger charge is -2.11. The van der Waals surface area contributed by atoms with Crippen molar-refractivity contribution in [3.05, 3.63) is 125 Å². The zero-order valence-electron chi connectivity index (χ0n) is 19.0. The number of esters is 1. The number of para-hydroxylation sites is 1. The van der Waals surface area contributed by atoms with Crippen molar-refractivity contribution in [2.75, 3.05) is 0 Å². The van der Waals surface area contributed by atoms with Gasteiger partial charge in [0.15, 0.2) is 0 Å². The van der Waals surface area contributed by atoms with Gasteiger partial charge in [-0.25, -0.2) is 18.2 Å². The molecular formula is C29H20ClNO4S. The summed E-state index contributed by atoms with van der Waals surface area (Å²) in [4.78, 5) is 18.2. The third-order valence-electron chi connectivity index (χ3n) is 5.74. The van der Waals surface area contributed by atoms with E-state index >= 15 is 0 Å². The van der Waals surface area contributed by atoms with Crippen molar-refractivity contribution in [2.45, 2.75) is 16.4 Å². The molecule has 5 nitrogen and oxygen atoms in total. The average molecular weight is 514 g/mol. The molecule has 1 heterocycles. The van der Waals surface area contributed by atoms with Crippen molar-refractivity contribution in [3.8, 4) is 11.3 Å². The molecule has 0 spiro atoms. The van der Waals surface area contributed by atoms with Crippen LogP contribution in [0, 0.1) is 0 Å². The van der Waals surface area contributed by atoms with Gasteiger partial charge in [-0.1, -0.05) is 78.3 Å². The first-order chi connectivity index (χ1) is 17.4. The molecule has 4 aromatic carbocycles. The fraction of sp³-hybridized carbons (Fsp3) is 0.0345. The van der Waals surface area contributed by atoms with Crippen molar-refractivity contribution in [1.29, 1.82) is 0 Å². The number of hydrogen-bond acceptors (Lipinski definition) is 5. The summed E-state index contributed by atoms with van der Waals surface area (Å²) in [6.07, 6.45) is 0. The minimum absolute atomic E-state index is 0.0113. The van der Waals surface area contributed by atoms with Crippen molar-refractivity contribution in [2.24, 2.45) is 0 Å². The number of rotatable bonds is 6. The van der Waals surface area contributed by atoms with E-state index in [1.807, 2.05) is 42.5 Å². The Morgan fingerprint density at radius 1 is 0.778 bits per heavy atom. The highest BCUT2D eigenvalue weighted by molar-refractivity contribution is 7.91. The first kappa shape index (κ1) is 23.7. The lowest BCUT2D eigenvalue weighted by molar-refractivity contribution is 0.0475. The molecule has 5 aromatic rings. The van der Waals surface area contributed by atoms with Crippen molar-refractivity contribution >= 4 is 38.3 Å². The van der Waals surface area contributed by atoms with Crippen molar-refractivity contribution < 1.29 is 17.9 Å². The van der Waals surface area contributed by atoms with E-state index in [-0.39, 0.29) is 16.4 Å². The van der Waals surface area contributed by atoms with Crippen molar-refractivity contribution in [3.63, 3.8) is 0 Å². The first-order valence-corrected chi connectivity index (χ1v) is 13.0. The van der Waals surface area contributed by atoms with Gasteiger partial charge in [-0.15, -0.1) is 0 Å². The fourth-order valence-corrected chi connectivity index (χ4v) is 5.39. The van der Waals surface area contributed by atoms with Gasteiger partial charge in [-0.05, 0) is 48.0 Å². The molecule has 7 heteroatoms. The van der Waals surface area contributed by atoms with Crippen LogP contribution in [0.5, 0.6) is 0 Å². The zero-order chi connectivity index (χ0) is 25.1. The molecule has 5 rings (SSSR count). The number of aromatic nitrogens is 1. The number of hydrogen-bond donors (Lipinski definition) is 0. The quantitative estimate of drug-likeness (QED) is 0.235. The summed E-state index contributed by atoms with van der Waals surface area (Å²) < 4.78 is 31.2. The molecule has 0 N–H and O–H groups in total. The summed E-state index contributed by atoms with van der Waals surface area (Å²) in [6, 6.07) is 30.9.